The van der Waals surface area contributed by atoms with E-state index in [1.165, 1.54) is 11.0 Å². The molecule has 1 aromatic rings. The van der Waals surface area contributed by atoms with Gasteiger partial charge in [0.05, 0.1) is 10.7 Å². The Hall–Kier alpha value is -1.55. The van der Waals surface area contributed by atoms with Crippen LogP contribution in [0.25, 0.3) is 0 Å². The first kappa shape index (κ1) is 11.9. The second-order valence-corrected chi connectivity index (χ2v) is 4.37. The molecule has 0 radical (unpaired) electrons. The van der Waals surface area contributed by atoms with Crippen LogP contribution in [0.5, 0.6) is 5.75 Å². The normalized spacial score (nSPS) is 19.8. The second-order valence-electron chi connectivity index (χ2n) is 3.96. The van der Waals surface area contributed by atoms with Gasteiger partial charge in [-0.25, -0.2) is 4.39 Å². The SMILES string of the molecule is C=CC1CC(=O)N(c2cc(O)c(Cl)cc2F)C1. The van der Waals surface area contributed by atoms with Crippen LogP contribution in [0.1, 0.15) is 6.42 Å². The fourth-order valence-electron chi connectivity index (χ4n) is 1.86. The van der Waals surface area contributed by atoms with Gasteiger partial charge in [0.25, 0.3) is 0 Å². The van der Waals surface area contributed by atoms with Crippen molar-refractivity contribution < 1.29 is 14.3 Å². The van der Waals surface area contributed by atoms with E-state index in [9.17, 15) is 14.3 Å². The minimum absolute atomic E-state index is 0.0136. The van der Waals surface area contributed by atoms with Crippen LogP contribution < -0.4 is 4.90 Å². The first-order valence-electron chi connectivity index (χ1n) is 5.14. The van der Waals surface area contributed by atoms with Gasteiger partial charge in [-0.2, -0.15) is 0 Å². The van der Waals surface area contributed by atoms with Gasteiger partial charge in [0.2, 0.25) is 5.91 Å². The van der Waals surface area contributed by atoms with Crippen LogP contribution in [0.15, 0.2) is 24.8 Å². The molecule has 1 heterocycles. The molecule has 17 heavy (non-hydrogen) atoms. The number of benzene rings is 1. The van der Waals surface area contributed by atoms with Gasteiger partial charge in [0.1, 0.15) is 11.6 Å². The van der Waals surface area contributed by atoms with Gasteiger partial charge in [-0.1, -0.05) is 17.7 Å². The minimum Gasteiger partial charge on any atom is -0.506 e. The Labute approximate surface area is 103 Å². The molecule has 1 aromatic carbocycles. The van der Waals surface area contributed by atoms with Gasteiger partial charge < -0.3 is 10.0 Å². The number of phenols is 1. The molecule has 90 valence electrons. The Morgan fingerprint density at radius 2 is 2.29 bits per heavy atom. The molecule has 1 aliphatic rings. The molecule has 1 amide bonds. The Kier molecular flexibility index (Phi) is 3.07. The number of amides is 1. The summed E-state index contributed by atoms with van der Waals surface area (Å²) in [5.74, 6) is -1.03. The smallest absolute Gasteiger partial charge is 0.227 e. The van der Waals surface area contributed by atoms with Crippen molar-refractivity contribution in [1.29, 1.82) is 0 Å². The van der Waals surface area contributed by atoms with Crippen molar-refractivity contribution >= 4 is 23.2 Å². The van der Waals surface area contributed by atoms with Crippen molar-refractivity contribution in [2.24, 2.45) is 5.92 Å². The maximum absolute atomic E-state index is 13.7. The molecule has 0 saturated carbocycles. The Morgan fingerprint density at radius 1 is 1.59 bits per heavy atom. The summed E-state index contributed by atoms with van der Waals surface area (Å²) in [4.78, 5) is 13.0. The molecule has 1 aliphatic heterocycles. The summed E-state index contributed by atoms with van der Waals surface area (Å²) < 4.78 is 13.7. The van der Waals surface area contributed by atoms with Crippen molar-refractivity contribution in [1.82, 2.24) is 0 Å². The van der Waals surface area contributed by atoms with E-state index in [4.69, 9.17) is 11.6 Å². The summed E-state index contributed by atoms with van der Waals surface area (Å²) in [6, 6.07) is 2.17. The zero-order valence-electron chi connectivity index (χ0n) is 8.99. The molecule has 0 aliphatic carbocycles. The number of hydrogen-bond donors (Lipinski definition) is 1. The number of nitrogens with zero attached hydrogens (tertiary/aromatic N) is 1. The molecule has 2 rings (SSSR count). The molecule has 1 N–H and O–H groups in total. The van der Waals surface area contributed by atoms with E-state index in [0.717, 1.165) is 6.07 Å². The average Bonchev–Trinajstić information content (AvgIpc) is 2.65. The fraction of sp³-hybridized carbons (Fsp3) is 0.250. The van der Waals surface area contributed by atoms with Crippen LogP contribution in [0.2, 0.25) is 5.02 Å². The number of hydrogen-bond acceptors (Lipinski definition) is 2. The third-order valence-corrected chi connectivity index (χ3v) is 3.10. The van der Waals surface area contributed by atoms with Gasteiger partial charge in [0.15, 0.2) is 0 Å². The lowest BCUT2D eigenvalue weighted by atomic mass is 10.1. The molecule has 5 heteroatoms. The van der Waals surface area contributed by atoms with E-state index in [-0.39, 0.29) is 28.3 Å². The lowest BCUT2D eigenvalue weighted by molar-refractivity contribution is -0.117. The molecular weight excluding hydrogens is 245 g/mol. The lowest BCUT2D eigenvalue weighted by Gasteiger charge is -2.17. The highest BCUT2D eigenvalue weighted by Crippen LogP contribution is 2.34. The monoisotopic (exact) mass is 255 g/mol. The Morgan fingerprint density at radius 3 is 2.88 bits per heavy atom. The minimum atomic E-state index is -0.620. The van der Waals surface area contributed by atoms with Gasteiger partial charge in [-0.3, -0.25) is 4.79 Å². The van der Waals surface area contributed by atoms with Crippen LogP contribution in [0.3, 0.4) is 0 Å². The molecule has 0 spiro atoms. The maximum atomic E-state index is 13.7. The van der Waals surface area contributed by atoms with E-state index < -0.39 is 5.82 Å². The van der Waals surface area contributed by atoms with E-state index in [2.05, 4.69) is 6.58 Å². The highest BCUT2D eigenvalue weighted by molar-refractivity contribution is 6.32. The van der Waals surface area contributed by atoms with Crippen LogP contribution in [0.4, 0.5) is 10.1 Å². The average molecular weight is 256 g/mol. The molecule has 1 fully saturated rings. The number of aromatic hydroxyl groups is 1. The first-order valence-corrected chi connectivity index (χ1v) is 5.51. The third-order valence-electron chi connectivity index (χ3n) is 2.80. The highest BCUT2D eigenvalue weighted by Gasteiger charge is 2.30. The number of rotatable bonds is 2. The summed E-state index contributed by atoms with van der Waals surface area (Å²) in [5, 5.41) is 9.37. The molecule has 1 atom stereocenters. The zero-order chi connectivity index (χ0) is 12.6. The van der Waals surface area contributed by atoms with Crippen molar-refractivity contribution in [2.75, 3.05) is 11.4 Å². The van der Waals surface area contributed by atoms with Gasteiger partial charge in [-0.05, 0) is 6.07 Å². The van der Waals surface area contributed by atoms with Crippen LogP contribution in [-0.2, 0) is 4.79 Å². The predicted molar refractivity (Wildman–Crippen MR) is 63.7 cm³/mol. The standard InChI is InChI=1S/C12H11ClFNO2/c1-2-7-3-12(17)15(6-7)10-5-11(16)8(13)4-9(10)14/h2,4-5,7,16H,1,3,6H2. The van der Waals surface area contributed by atoms with E-state index in [1.54, 1.807) is 6.08 Å². The van der Waals surface area contributed by atoms with Gasteiger partial charge in [-0.15, -0.1) is 6.58 Å². The second kappa shape index (κ2) is 4.37. The Balaban J connectivity index is 2.38. The molecule has 0 aromatic heterocycles. The zero-order valence-corrected chi connectivity index (χ0v) is 9.75. The molecule has 1 saturated heterocycles. The molecule has 0 bridgehead atoms. The van der Waals surface area contributed by atoms with Gasteiger partial charge in [0, 0.05) is 24.9 Å². The van der Waals surface area contributed by atoms with Crippen molar-refractivity contribution in [2.45, 2.75) is 6.42 Å². The number of carbonyl (C=O) groups excluding carboxylic acids is 1. The number of halogens is 2. The lowest BCUT2D eigenvalue weighted by Crippen LogP contribution is -2.25. The number of phenolic OH excluding ortho intramolecular Hbond substituents is 1. The predicted octanol–water partition coefficient (Wildman–Crippen LogP) is 2.72. The summed E-state index contributed by atoms with van der Waals surface area (Å²) in [7, 11) is 0. The van der Waals surface area contributed by atoms with Crippen LogP contribution in [0, 0.1) is 11.7 Å². The van der Waals surface area contributed by atoms with E-state index in [0.29, 0.717) is 13.0 Å². The molecular formula is C12H11ClFNO2. The van der Waals surface area contributed by atoms with Crippen molar-refractivity contribution in [3.8, 4) is 5.75 Å². The topological polar surface area (TPSA) is 40.5 Å². The third kappa shape index (κ3) is 2.13. The number of anilines is 1. The summed E-state index contributed by atoms with van der Waals surface area (Å²) >= 11 is 5.58. The molecule has 3 nitrogen and oxygen atoms in total. The summed E-state index contributed by atoms with van der Waals surface area (Å²) in [6.07, 6.45) is 1.98. The maximum Gasteiger partial charge on any atom is 0.227 e. The Bertz CT molecular complexity index is 490. The summed E-state index contributed by atoms with van der Waals surface area (Å²) in [5.41, 5.74) is 0.0567. The fourth-order valence-corrected chi connectivity index (χ4v) is 2.01. The quantitative estimate of drug-likeness (QED) is 0.826. The first-order chi connectivity index (χ1) is 8.02. The number of carbonyl (C=O) groups is 1. The highest BCUT2D eigenvalue weighted by atomic mass is 35.5. The van der Waals surface area contributed by atoms with Crippen LogP contribution >= 0.6 is 11.6 Å². The van der Waals surface area contributed by atoms with Gasteiger partial charge >= 0.3 is 0 Å². The molecule has 1 unspecified atom stereocenters. The van der Waals surface area contributed by atoms with Crippen molar-refractivity contribution in [3.05, 3.63) is 35.6 Å². The summed E-state index contributed by atoms with van der Waals surface area (Å²) in [6.45, 7) is 3.99. The largest absolute Gasteiger partial charge is 0.506 e. The van der Waals surface area contributed by atoms with E-state index >= 15 is 0 Å². The van der Waals surface area contributed by atoms with Crippen LogP contribution in [-0.4, -0.2) is 17.6 Å². The van der Waals surface area contributed by atoms with E-state index in [1.807, 2.05) is 0 Å². The van der Waals surface area contributed by atoms with Crippen molar-refractivity contribution in [3.63, 3.8) is 0 Å².